The van der Waals surface area contributed by atoms with E-state index >= 15 is 0 Å². The Balaban J connectivity index is 1.67. The molecule has 2 aromatic carbocycles. The molecule has 0 aliphatic carbocycles. The Morgan fingerprint density at radius 1 is 1.10 bits per heavy atom. The number of benzene rings is 2. The summed E-state index contributed by atoms with van der Waals surface area (Å²) in [6, 6.07) is 10.1. The van der Waals surface area contributed by atoms with Crippen molar-refractivity contribution in [2.75, 3.05) is 26.3 Å². The van der Waals surface area contributed by atoms with E-state index < -0.39 is 15.9 Å². The first-order valence-corrected chi connectivity index (χ1v) is 11.4. The molecule has 0 saturated carbocycles. The largest absolute Gasteiger partial charge is 0.507 e. The van der Waals surface area contributed by atoms with Crippen molar-refractivity contribution >= 4 is 39.1 Å². The van der Waals surface area contributed by atoms with Gasteiger partial charge in [-0.15, -0.1) is 0 Å². The fourth-order valence-corrected chi connectivity index (χ4v) is 5.05. The van der Waals surface area contributed by atoms with Crippen LogP contribution in [0.1, 0.15) is 10.4 Å². The summed E-state index contributed by atoms with van der Waals surface area (Å²) < 4.78 is 33.3. The molecule has 3 aromatic rings. The number of morpholine rings is 1. The maximum atomic E-state index is 13.0. The van der Waals surface area contributed by atoms with E-state index in [0.29, 0.717) is 18.2 Å². The van der Waals surface area contributed by atoms with Crippen LogP contribution in [0.3, 0.4) is 0 Å². The van der Waals surface area contributed by atoms with Gasteiger partial charge in [-0.25, -0.2) is 13.1 Å². The Labute approximate surface area is 188 Å². The van der Waals surface area contributed by atoms with Crippen molar-refractivity contribution in [2.45, 2.75) is 4.90 Å². The molecule has 0 unspecified atom stereocenters. The fourth-order valence-electron chi connectivity index (χ4n) is 3.20. The third-order valence-electron chi connectivity index (χ3n) is 4.78. The Kier molecular flexibility index (Phi) is 6.05. The molecule has 1 N–H and O–H groups in total. The van der Waals surface area contributed by atoms with Crippen LogP contribution >= 0.6 is 23.2 Å². The van der Waals surface area contributed by atoms with E-state index in [-0.39, 0.29) is 45.6 Å². The van der Waals surface area contributed by atoms with Crippen LogP contribution in [-0.2, 0) is 14.8 Å². The number of carbonyl (C=O) groups is 1. The molecular weight excluding hydrogens is 465 g/mol. The number of ether oxygens (including phenoxy) is 1. The standard InChI is InChI=1S/C20H17Cl2N3O5S/c21-14-4-5-18(26)16(11-14)19-17(22)12-25(23-19)20(27)13-2-1-3-15(10-13)31(28,29)24-6-8-30-9-7-24/h1-5,10-12,26H,6-9H2. The first-order chi connectivity index (χ1) is 14.8. The lowest BCUT2D eigenvalue weighted by Crippen LogP contribution is -2.40. The topological polar surface area (TPSA) is 102 Å². The molecule has 0 radical (unpaired) electrons. The van der Waals surface area contributed by atoms with Crippen molar-refractivity contribution in [3.8, 4) is 17.0 Å². The SMILES string of the molecule is O=C(c1cccc(S(=O)(=O)N2CCOCC2)c1)n1cc(Cl)c(-c2cc(Cl)ccc2O)n1. The Bertz CT molecular complexity index is 1250. The summed E-state index contributed by atoms with van der Waals surface area (Å²) in [5, 5.41) is 14.8. The summed E-state index contributed by atoms with van der Waals surface area (Å²) in [6.07, 6.45) is 1.29. The van der Waals surface area contributed by atoms with Crippen molar-refractivity contribution in [1.82, 2.24) is 14.1 Å². The Morgan fingerprint density at radius 3 is 2.58 bits per heavy atom. The zero-order valence-corrected chi connectivity index (χ0v) is 18.4. The number of hydrogen-bond donors (Lipinski definition) is 1. The van der Waals surface area contributed by atoms with Crippen LogP contribution in [0.2, 0.25) is 10.0 Å². The van der Waals surface area contributed by atoms with Crippen molar-refractivity contribution in [3.63, 3.8) is 0 Å². The molecule has 1 aliphatic rings. The van der Waals surface area contributed by atoms with Gasteiger partial charge in [0.25, 0.3) is 5.91 Å². The number of rotatable bonds is 4. The molecule has 0 bridgehead atoms. The van der Waals surface area contributed by atoms with Gasteiger partial charge in [-0.1, -0.05) is 29.3 Å². The van der Waals surface area contributed by atoms with Crippen molar-refractivity contribution < 1.29 is 23.1 Å². The average Bonchev–Trinajstić information content (AvgIpc) is 3.17. The molecule has 0 atom stereocenters. The second kappa shape index (κ2) is 8.60. The minimum atomic E-state index is -3.76. The van der Waals surface area contributed by atoms with E-state index in [2.05, 4.69) is 5.10 Å². The predicted octanol–water partition coefficient (Wildman–Crippen LogP) is 3.27. The van der Waals surface area contributed by atoms with Gasteiger partial charge in [0.2, 0.25) is 10.0 Å². The zero-order chi connectivity index (χ0) is 22.2. The fraction of sp³-hybridized carbons (Fsp3) is 0.200. The second-order valence-electron chi connectivity index (χ2n) is 6.78. The summed E-state index contributed by atoms with van der Waals surface area (Å²) in [5.74, 6) is -0.670. The molecule has 8 nitrogen and oxygen atoms in total. The normalized spacial score (nSPS) is 15.2. The molecule has 0 spiro atoms. The van der Waals surface area contributed by atoms with E-state index in [4.69, 9.17) is 27.9 Å². The summed E-state index contributed by atoms with van der Waals surface area (Å²) in [7, 11) is -3.76. The van der Waals surface area contributed by atoms with Gasteiger partial charge in [-0.2, -0.15) is 9.40 Å². The van der Waals surface area contributed by atoms with Gasteiger partial charge in [0.05, 0.1) is 29.3 Å². The van der Waals surface area contributed by atoms with Crippen LogP contribution in [0.5, 0.6) is 5.75 Å². The molecule has 1 aliphatic heterocycles. The lowest BCUT2D eigenvalue weighted by atomic mass is 10.1. The molecule has 0 amide bonds. The van der Waals surface area contributed by atoms with Crippen LogP contribution < -0.4 is 0 Å². The van der Waals surface area contributed by atoms with E-state index in [0.717, 1.165) is 4.68 Å². The smallest absolute Gasteiger partial charge is 0.278 e. The summed E-state index contributed by atoms with van der Waals surface area (Å²) in [6.45, 7) is 1.15. The number of phenols is 1. The van der Waals surface area contributed by atoms with Crippen LogP contribution in [0.25, 0.3) is 11.3 Å². The highest BCUT2D eigenvalue weighted by atomic mass is 35.5. The summed E-state index contributed by atoms with van der Waals surface area (Å²) in [5.41, 5.74) is 0.565. The van der Waals surface area contributed by atoms with Crippen LogP contribution in [0.4, 0.5) is 0 Å². The number of phenolic OH excluding ortho intramolecular Hbond substituents is 1. The highest BCUT2D eigenvalue weighted by molar-refractivity contribution is 7.89. The van der Waals surface area contributed by atoms with Crippen LogP contribution in [-0.4, -0.2) is 59.8 Å². The van der Waals surface area contributed by atoms with Gasteiger partial charge in [0, 0.05) is 29.2 Å². The molecule has 1 fully saturated rings. The van der Waals surface area contributed by atoms with Crippen molar-refractivity contribution in [1.29, 1.82) is 0 Å². The number of aromatic hydroxyl groups is 1. The maximum Gasteiger partial charge on any atom is 0.278 e. The maximum absolute atomic E-state index is 13.0. The first kappa shape index (κ1) is 21.8. The lowest BCUT2D eigenvalue weighted by molar-refractivity contribution is 0.0730. The third kappa shape index (κ3) is 4.32. The minimum absolute atomic E-state index is 0.00575. The molecular formula is C20H17Cl2N3O5S. The van der Waals surface area contributed by atoms with Gasteiger partial charge >= 0.3 is 0 Å². The predicted molar refractivity (Wildman–Crippen MR) is 115 cm³/mol. The number of hydrogen-bond acceptors (Lipinski definition) is 6. The minimum Gasteiger partial charge on any atom is -0.507 e. The quantitative estimate of drug-likeness (QED) is 0.613. The third-order valence-corrected chi connectivity index (χ3v) is 7.19. The van der Waals surface area contributed by atoms with Gasteiger partial charge in [0.15, 0.2) is 0 Å². The van der Waals surface area contributed by atoms with E-state index in [1.54, 1.807) is 0 Å². The molecule has 4 rings (SSSR count). The molecule has 2 heterocycles. The Hall–Kier alpha value is -2.43. The summed E-state index contributed by atoms with van der Waals surface area (Å²) in [4.78, 5) is 13.0. The average molecular weight is 482 g/mol. The molecule has 11 heteroatoms. The van der Waals surface area contributed by atoms with Gasteiger partial charge < -0.3 is 9.84 Å². The van der Waals surface area contributed by atoms with Gasteiger partial charge in [0.1, 0.15) is 11.4 Å². The highest BCUT2D eigenvalue weighted by Crippen LogP contribution is 2.35. The van der Waals surface area contributed by atoms with Crippen LogP contribution in [0, 0.1) is 0 Å². The number of aromatic nitrogens is 2. The van der Waals surface area contributed by atoms with E-state index in [1.165, 1.54) is 53.0 Å². The molecule has 31 heavy (non-hydrogen) atoms. The monoisotopic (exact) mass is 481 g/mol. The molecule has 1 aromatic heterocycles. The van der Waals surface area contributed by atoms with Crippen LogP contribution in [0.15, 0.2) is 53.6 Å². The highest BCUT2D eigenvalue weighted by Gasteiger charge is 2.27. The second-order valence-corrected chi connectivity index (χ2v) is 9.56. The molecule has 1 saturated heterocycles. The number of carbonyl (C=O) groups excluding carboxylic acids is 1. The molecule has 162 valence electrons. The number of sulfonamides is 1. The first-order valence-electron chi connectivity index (χ1n) is 9.24. The lowest BCUT2D eigenvalue weighted by Gasteiger charge is -2.26. The zero-order valence-electron chi connectivity index (χ0n) is 16.0. The van der Waals surface area contributed by atoms with E-state index in [9.17, 15) is 18.3 Å². The Morgan fingerprint density at radius 2 is 1.84 bits per heavy atom. The summed E-state index contributed by atoms with van der Waals surface area (Å²) >= 11 is 12.2. The van der Waals surface area contributed by atoms with Crippen molar-refractivity contribution in [3.05, 3.63) is 64.3 Å². The number of nitrogens with zero attached hydrogens (tertiary/aromatic N) is 3. The number of halogens is 2. The van der Waals surface area contributed by atoms with Crippen molar-refractivity contribution in [2.24, 2.45) is 0 Å². The van der Waals surface area contributed by atoms with Gasteiger partial charge in [-0.3, -0.25) is 4.79 Å². The van der Waals surface area contributed by atoms with Gasteiger partial charge in [-0.05, 0) is 36.4 Å². The van der Waals surface area contributed by atoms with E-state index in [1.807, 2.05) is 0 Å².